The molecule has 0 aliphatic heterocycles. The van der Waals surface area contributed by atoms with E-state index in [0.29, 0.717) is 11.3 Å². The molecule has 0 saturated carbocycles. The van der Waals surface area contributed by atoms with E-state index in [1.165, 1.54) is 12.1 Å². The van der Waals surface area contributed by atoms with E-state index >= 15 is 0 Å². The van der Waals surface area contributed by atoms with E-state index in [2.05, 4.69) is 5.32 Å². The smallest absolute Gasteiger partial charge is 0.357 e. The molecule has 0 amide bonds. The lowest BCUT2D eigenvalue weighted by Crippen LogP contribution is -2.19. The number of non-ortho nitro benzene ring substituents is 1. The van der Waals surface area contributed by atoms with Crippen LogP contribution in [0, 0.1) is 17.0 Å². The fourth-order valence-electron chi connectivity index (χ4n) is 2.70. The van der Waals surface area contributed by atoms with Crippen LogP contribution >= 0.6 is 7.60 Å². The molecule has 152 valence electrons. The first-order valence-corrected chi connectivity index (χ1v) is 10.8. The molecule has 0 bridgehead atoms. The third-order valence-corrected chi connectivity index (χ3v) is 6.27. The number of benzene rings is 2. The predicted molar refractivity (Wildman–Crippen MR) is 111 cm³/mol. The van der Waals surface area contributed by atoms with Gasteiger partial charge in [0.2, 0.25) is 0 Å². The fourth-order valence-corrected chi connectivity index (χ4v) is 5.00. The van der Waals surface area contributed by atoms with Gasteiger partial charge >= 0.3 is 7.60 Å². The minimum Gasteiger partial charge on any atom is -0.368 e. The van der Waals surface area contributed by atoms with E-state index < -0.39 is 18.3 Å². The molecule has 1 N–H and O–H groups in total. The number of nitrogens with zero attached hydrogens (tertiary/aromatic N) is 1. The predicted octanol–water partition coefficient (Wildman–Crippen LogP) is 6.06. The molecule has 0 heterocycles. The van der Waals surface area contributed by atoms with E-state index in [0.717, 1.165) is 5.56 Å². The maximum atomic E-state index is 13.8. The summed E-state index contributed by atoms with van der Waals surface area (Å²) in [5, 5.41) is 14.4. The lowest BCUT2D eigenvalue weighted by Gasteiger charge is -2.31. The summed E-state index contributed by atoms with van der Waals surface area (Å²) in [6.07, 6.45) is -0.712. The zero-order valence-corrected chi connectivity index (χ0v) is 17.7. The summed E-state index contributed by atoms with van der Waals surface area (Å²) in [4.78, 5) is 10.7. The highest BCUT2D eigenvalue weighted by Crippen LogP contribution is 2.62. The van der Waals surface area contributed by atoms with Crippen molar-refractivity contribution in [1.82, 2.24) is 0 Å². The molecule has 1 atom stereocenters. The molecule has 28 heavy (non-hydrogen) atoms. The third-order valence-electron chi connectivity index (χ3n) is 3.78. The standard InChI is InChI=1S/C20H27N2O5P/c1-14(2)26-28(25,27-15(3)4)20(21-18-11-9-16(5)10-12-18)17-7-6-8-19(13-17)22(23)24/h6-15,20-21H,1-5H3. The van der Waals surface area contributed by atoms with Gasteiger partial charge in [-0.05, 0) is 52.3 Å². The molecular weight excluding hydrogens is 379 g/mol. The zero-order valence-electron chi connectivity index (χ0n) is 16.8. The molecule has 0 aliphatic carbocycles. The zero-order chi connectivity index (χ0) is 20.9. The molecule has 0 saturated heterocycles. The SMILES string of the molecule is Cc1ccc(NC(c2cccc([N+](=O)[O-])c2)P(=O)(OC(C)C)OC(C)C)cc1. The minimum absolute atomic E-state index is 0.0890. The first kappa shape index (κ1) is 22.1. The third kappa shape index (κ3) is 5.89. The van der Waals surface area contributed by atoms with Crippen LogP contribution in [-0.2, 0) is 13.6 Å². The van der Waals surface area contributed by atoms with Gasteiger partial charge in [0.15, 0.2) is 5.78 Å². The van der Waals surface area contributed by atoms with Gasteiger partial charge in [-0.3, -0.25) is 14.7 Å². The number of anilines is 1. The van der Waals surface area contributed by atoms with Crippen molar-refractivity contribution in [3.8, 4) is 0 Å². The maximum absolute atomic E-state index is 13.8. The van der Waals surface area contributed by atoms with Crippen molar-refractivity contribution < 1.29 is 18.5 Å². The minimum atomic E-state index is -3.72. The Morgan fingerprint density at radius 3 is 2.07 bits per heavy atom. The Morgan fingerprint density at radius 2 is 1.57 bits per heavy atom. The van der Waals surface area contributed by atoms with Crippen molar-refractivity contribution in [3.05, 3.63) is 69.8 Å². The molecule has 7 nitrogen and oxygen atoms in total. The van der Waals surface area contributed by atoms with Gasteiger partial charge in [-0.15, -0.1) is 0 Å². The lowest BCUT2D eigenvalue weighted by atomic mass is 10.2. The van der Waals surface area contributed by atoms with Crippen LogP contribution in [0.25, 0.3) is 0 Å². The van der Waals surface area contributed by atoms with Crippen molar-refractivity contribution in [1.29, 1.82) is 0 Å². The average molecular weight is 406 g/mol. The van der Waals surface area contributed by atoms with Gasteiger partial charge in [-0.25, -0.2) is 0 Å². The van der Waals surface area contributed by atoms with E-state index in [4.69, 9.17) is 9.05 Å². The summed E-state index contributed by atoms with van der Waals surface area (Å²) >= 11 is 0. The average Bonchev–Trinajstić information content (AvgIpc) is 2.59. The summed E-state index contributed by atoms with van der Waals surface area (Å²) in [5.74, 6) is -0.903. The number of hydrogen-bond donors (Lipinski definition) is 1. The van der Waals surface area contributed by atoms with E-state index in [1.807, 2.05) is 31.2 Å². The molecule has 2 rings (SSSR count). The van der Waals surface area contributed by atoms with Gasteiger partial charge < -0.3 is 14.4 Å². The van der Waals surface area contributed by atoms with Crippen molar-refractivity contribution in [2.24, 2.45) is 0 Å². The Morgan fingerprint density at radius 1 is 1.00 bits per heavy atom. The summed E-state index contributed by atoms with van der Waals surface area (Å²) in [5.41, 5.74) is 2.16. The number of aryl methyl sites for hydroxylation is 1. The van der Waals surface area contributed by atoms with Crippen molar-refractivity contribution in [2.45, 2.75) is 52.6 Å². The molecule has 0 radical (unpaired) electrons. The first-order valence-electron chi connectivity index (χ1n) is 9.15. The van der Waals surface area contributed by atoms with Crippen molar-refractivity contribution in [3.63, 3.8) is 0 Å². The topological polar surface area (TPSA) is 90.7 Å². The van der Waals surface area contributed by atoms with Gasteiger partial charge in [0, 0.05) is 17.8 Å². The first-order chi connectivity index (χ1) is 13.1. The molecule has 0 aliphatic rings. The molecule has 0 spiro atoms. The molecular formula is C20H27N2O5P. The van der Waals surface area contributed by atoms with Gasteiger partial charge in [-0.2, -0.15) is 0 Å². The normalized spacial score (nSPS) is 13.0. The number of rotatable bonds is 9. The molecule has 0 aromatic heterocycles. The Bertz CT molecular complexity index is 838. The Balaban J connectivity index is 2.55. The van der Waals surface area contributed by atoms with Crippen LogP contribution < -0.4 is 5.32 Å². The van der Waals surface area contributed by atoms with Crippen molar-refractivity contribution >= 4 is 19.0 Å². The molecule has 1 unspecified atom stereocenters. The second-order valence-electron chi connectivity index (χ2n) is 7.11. The number of nitrogens with one attached hydrogen (secondary N) is 1. The largest absolute Gasteiger partial charge is 0.368 e. The number of hydrogen-bond acceptors (Lipinski definition) is 6. The molecule has 0 fully saturated rings. The highest BCUT2D eigenvalue weighted by Gasteiger charge is 2.40. The van der Waals surface area contributed by atoms with E-state index in [9.17, 15) is 14.7 Å². The second kappa shape index (κ2) is 9.32. The monoisotopic (exact) mass is 406 g/mol. The van der Waals surface area contributed by atoms with Crippen LogP contribution in [-0.4, -0.2) is 17.1 Å². The summed E-state index contributed by atoms with van der Waals surface area (Å²) < 4.78 is 25.3. The van der Waals surface area contributed by atoms with Gasteiger partial charge in [0.05, 0.1) is 17.1 Å². The Labute approximate surface area is 165 Å². The van der Waals surface area contributed by atoms with Gasteiger partial charge in [0.25, 0.3) is 5.69 Å². The summed E-state index contributed by atoms with van der Waals surface area (Å²) in [6, 6.07) is 13.6. The highest BCUT2D eigenvalue weighted by molar-refractivity contribution is 7.54. The van der Waals surface area contributed by atoms with Crippen LogP contribution in [0.2, 0.25) is 0 Å². The quantitative estimate of drug-likeness (QED) is 0.309. The molecule has 2 aromatic carbocycles. The fraction of sp³-hybridized carbons (Fsp3) is 0.400. The second-order valence-corrected chi connectivity index (χ2v) is 9.13. The molecule has 8 heteroatoms. The molecule has 2 aromatic rings. The van der Waals surface area contributed by atoms with Crippen LogP contribution in [0.1, 0.15) is 44.6 Å². The van der Waals surface area contributed by atoms with Crippen LogP contribution in [0.5, 0.6) is 0 Å². The van der Waals surface area contributed by atoms with Crippen LogP contribution in [0.3, 0.4) is 0 Å². The lowest BCUT2D eigenvalue weighted by molar-refractivity contribution is -0.384. The number of nitro groups is 1. The summed E-state index contributed by atoms with van der Waals surface area (Å²) in [7, 11) is -3.72. The van der Waals surface area contributed by atoms with Crippen molar-refractivity contribution in [2.75, 3.05) is 5.32 Å². The highest BCUT2D eigenvalue weighted by atomic mass is 31.2. The Kier molecular flexibility index (Phi) is 7.35. The Hall–Kier alpha value is -2.21. The van der Waals surface area contributed by atoms with Crippen LogP contribution in [0.4, 0.5) is 11.4 Å². The van der Waals surface area contributed by atoms with E-state index in [-0.39, 0.29) is 17.9 Å². The maximum Gasteiger partial charge on any atom is 0.357 e. The van der Waals surface area contributed by atoms with Gasteiger partial charge in [-0.1, -0.05) is 29.8 Å². The number of nitro benzene ring substituents is 1. The van der Waals surface area contributed by atoms with E-state index in [1.54, 1.807) is 39.8 Å². The van der Waals surface area contributed by atoms with Gasteiger partial charge in [0.1, 0.15) is 0 Å². The van der Waals surface area contributed by atoms with Crippen LogP contribution in [0.15, 0.2) is 48.5 Å². The summed E-state index contributed by atoms with van der Waals surface area (Å²) in [6.45, 7) is 9.05.